The lowest BCUT2D eigenvalue weighted by atomic mass is 10.1. The minimum absolute atomic E-state index is 0.310. The molecule has 0 saturated carbocycles. The van der Waals surface area contributed by atoms with Crippen molar-refractivity contribution in [3.8, 4) is 5.75 Å². The molecule has 1 aliphatic rings. The van der Waals surface area contributed by atoms with Gasteiger partial charge in [-0.3, -0.25) is 0 Å². The Kier molecular flexibility index (Phi) is 3.78. The molecule has 0 radical (unpaired) electrons. The summed E-state index contributed by atoms with van der Waals surface area (Å²) in [4.78, 5) is 13.8. The van der Waals surface area contributed by atoms with Gasteiger partial charge >= 0.3 is 6.09 Å². The fourth-order valence-electron chi connectivity index (χ4n) is 2.23. The molecule has 2 aromatic rings. The first kappa shape index (κ1) is 13.2. The summed E-state index contributed by atoms with van der Waals surface area (Å²) < 4.78 is 19.1. The Morgan fingerprint density at radius 2 is 1.80 bits per heavy atom. The Bertz CT molecular complexity index is 641. The van der Waals surface area contributed by atoms with Crippen molar-refractivity contribution in [2.45, 2.75) is 0 Å². The SMILES string of the molecule is O=C(Oc1ccc(F)c2ccccc12)N1CCSCC1. The predicted molar refractivity (Wildman–Crippen MR) is 78.8 cm³/mol. The monoisotopic (exact) mass is 291 g/mol. The topological polar surface area (TPSA) is 29.5 Å². The largest absolute Gasteiger partial charge is 0.415 e. The van der Waals surface area contributed by atoms with Crippen molar-refractivity contribution in [3.63, 3.8) is 0 Å². The van der Waals surface area contributed by atoms with Crippen molar-refractivity contribution in [2.75, 3.05) is 24.6 Å². The van der Waals surface area contributed by atoms with E-state index in [9.17, 15) is 9.18 Å². The number of hydrogen-bond donors (Lipinski definition) is 0. The highest BCUT2D eigenvalue weighted by molar-refractivity contribution is 7.99. The summed E-state index contributed by atoms with van der Waals surface area (Å²) in [5.41, 5.74) is 0. The lowest BCUT2D eigenvalue weighted by molar-refractivity contribution is 0.157. The van der Waals surface area contributed by atoms with Gasteiger partial charge in [-0.1, -0.05) is 24.3 Å². The van der Waals surface area contributed by atoms with Crippen LogP contribution >= 0.6 is 11.8 Å². The fourth-order valence-corrected chi connectivity index (χ4v) is 3.13. The number of rotatable bonds is 1. The summed E-state index contributed by atoms with van der Waals surface area (Å²) in [5.74, 6) is 1.96. The number of nitrogens with zero attached hydrogens (tertiary/aromatic N) is 1. The normalized spacial score (nSPS) is 15.3. The molecule has 3 rings (SSSR count). The lowest BCUT2D eigenvalue weighted by Crippen LogP contribution is -2.39. The number of carbonyl (C=O) groups excluding carboxylic acids is 1. The minimum Gasteiger partial charge on any atom is -0.410 e. The van der Waals surface area contributed by atoms with Crippen LogP contribution in [0.15, 0.2) is 36.4 Å². The van der Waals surface area contributed by atoms with E-state index < -0.39 is 0 Å². The van der Waals surface area contributed by atoms with Crippen LogP contribution < -0.4 is 4.74 Å². The molecule has 0 atom stereocenters. The van der Waals surface area contributed by atoms with Crippen LogP contribution in [0.1, 0.15) is 0 Å². The lowest BCUT2D eigenvalue weighted by Gasteiger charge is -2.25. The average molecular weight is 291 g/mol. The maximum atomic E-state index is 13.7. The van der Waals surface area contributed by atoms with E-state index in [1.165, 1.54) is 12.1 Å². The van der Waals surface area contributed by atoms with Gasteiger partial charge in [0.1, 0.15) is 11.6 Å². The summed E-state index contributed by atoms with van der Waals surface area (Å²) in [6.07, 6.45) is -0.359. The van der Waals surface area contributed by atoms with Gasteiger partial charge in [0.2, 0.25) is 0 Å². The standard InChI is InChI=1S/C15H14FNO2S/c16-13-5-6-14(12-4-2-1-3-11(12)13)19-15(18)17-7-9-20-10-8-17/h1-6H,7-10H2. The number of ether oxygens (including phenoxy) is 1. The third kappa shape index (κ3) is 2.58. The van der Waals surface area contributed by atoms with E-state index in [-0.39, 0.29) is 11.9 Å². The molecule has 0 bridgehead atoms. The van der Waals surface area contributed by atoms with Gasteiger partial charge in [0.05, 0.1) is 0 Å². The van der Waals surface area contributed by atoms with Gasteiger partial charge in [-0.25, -0.2) is 9.18 Å². The van der Waals surface area contributed by atoms with Gasteiger partial charge in [0.15, 0.2) is 0 Å². The third-order valence-electron chi connectivity index (χ3n) is 3.30. The first-order chi connectivity index (χ1) is 9.75. The second-order valence-electron chi connectivity index (χ2n) is 4.56. The van der Waals surface area contributed by atoms with Gasteiger partial charge in [0, 0.05) is 35.4 Å². The number of carbonyl (C=O) groups is 1. The highest BCUT2D eigenvalue weighted by atomic mass is 32.2. The van der Waals surface area contributed by atoms with Crippen molar-refractivity contribution in [2.24, 2.45) is 0 Å². The first-order valence-corrected chi connectivity index (χ1v) is 7.63. The Hall–Kier alpha value is -1.75. The van der Waals surface area contributed by atoms with Crippen molar-refractivity contribution in [1.29, 1.82) is 0 Å². The molecule has 20 heavy (non-hydrogen) atoms. The van der Waals surface area contributed by atoms with Crippen LogP contribution in [0, 0.1) is 5.82 Å². The molecular weight excluding hydrogens is 277 g/mol. The van der Waals surface area contributed by atoms with E-state index in [4.69, 9.17) is 4.74 Å². The number of fused-ring (bicyclic) bond motifs is 1. The summed E-state index contributed by atoms with van der Waals surface area (Å²) in [7, 11) is 0. The molecule has 0 N–H and O–H groups in total. The second-order valence-corrected chi connectivity index (χ2v) is 5.78. The molecule has 2 aromatic carbocycles. The Labute approximate surface area is 120 Å². The molecule has 1 amide bonds. The number of hydrogen-bond acceptors (Lipinski definition) is 3. The number of thioether (sulfide) groups is 1. The molecular formula is C15H14FNO2S. The predicted octanol–water partition coefficient (Wildman–Crippen LogP) is 3.53. The molecule has 0 unspecified atom stereocenters. The summed E-state index contributed by atoms with van der Waals surface area (Å²) in [5, 5.41) is 1.08. The number of benzene rings is 2. The maximum Gasteiger partial charge on any atom is 0.415 e. The third-order valence-corrected chi connectivity index (χ3v) is 4.24. The van der Waals surface area contributed by atoms with E-state index in [2.05, 4.69) is 0 Å². The van der Waals surface area contributed by atoms with E-state index >= 15 is 0 Å². The molecule has 0 spiro atoms. The molecule has 1 fully saturated rings. The Morgan fingerprint density at radius 1 is 1.10 bits per heavy atom. The zero-order valence-corrected chi connectivity index (χ0v) is 11.7. The van der Waals surface area contributed by atoms with Gasteiger partial charge in [0.25, 0.3) is 0 Å². The zero-order valence-electron chi connectivity index (χ0n) is 10.8. The van der Waals surface area contributed by atoms with Crippen LogP contribution in [0.25, 0.3) is 10.8 Å². The van der Waals surface area contributed by atoms with E-state index in [0.29, 0.717) is 29.6 Å². The molecule has 1 heterocycles. The zero-order chi connectivity index (χ0) is 13.9. The number of halogens is 1. The quantitative estimate of drug-likeness (QED) is 0.805. The van der Waals surface area contributed by atoms with Crippen LogP contribution in [0.3, 0.4) is 0 Å². The summed E-state index contributed by atoms with van der Waals surface area (Å²) in [6.45, 7) is 1.39. The average Bonchev–Trinajstić information content (AvgIpc) is 2.51. The van der Waals surface area contributed by atoms with Crippen LogP contribution in [0.5, 0.6) is 5.75 Å². The highest BCUT2D eigenvalue weighted by Gasteiger charge is 2.19. The smallest absolute Gasteiger partial charge is 0.410 e. The molecule has 0 aliphatic carbocycles. The van der Waals surface area contributed by atoms with Crippen molar-refractivity contribution in [1.82, 2.24) is 4.90 Å². The van der Waals surface area contributed by atoms with Gasteiger partial charge in [-0.2, -0.15) is 11.8 Å². The molecule has 1 aliphatic heterocycles. The Balaban J connectivity index is 1.87. The minimum atomic E-state index is -0.359. The van der Waals surface area contributed by atoms with Gasteiger partial charge < -0.3 is 9.64 Å². The van der Waals surface area contributed by atoms with Crippen LogP contribution in [0.4, 0.5) is 9.18 Å². The molecule has 3 nitrogen and oxygen atoms in total. The Morgan fingerprint density at radius 3 is 2.55 bits per heavy atom. The first-order valence-electron chi connectivity index (χ1n) is 6.47. The number of amides is 1. The van der Waals surface area contributed by atoms with Crippen LogP contribution in [0.2, 0.25) is 0 Å². The molecule has 1 saturated heterocycles. The van der Waals surface area contributed by atoms with E-state index in [1.807, 2.05) is 11.8 Å². The molecule has 5 heteroatoms. The second kappa shape index (κ2) is 5.71. The molecule has 0 aromatic heterocycles. The maximum absolute atomic E-state index is 13.7. The van der Waals surface area contributed by atoms with Crippen molar-refractivity contribution >= 4 is 28.6 Å². The van der Waals surface area contributed by atoms with Crippen LogP contribution in [-0.4, -0.2) is 35.6 Å². The van der Waals surface area contributed by atoms with Gasteiger partial charge in [-0.05, 0) is 12.1 Å². The van der Waals surface area contributed by atoms with Crippen LogP contribution in [-0.2, 0) is 0 Å². The van der Waals surface area contributed by atoms with E-state index in [0.717, 1.165) is 11.5 Å². The summed E-state index contributed by atoms with van der Waals surface area (Å²) >= 11 is 1.83. The van der Waals surface area contributed by atoms with Crippen molar-refractivity contribution < 1.29 is 13.9 Å². The summed E-state index contributed by atoms with van der Waals surface area (Å²) in [6, 6.07) is 9.84. The van der Waals surface area contributed by atoms with E-state index in [1.54, 1.807) is 29.2 Å². The van der Waals surface area contributed by atoms with Gasteiger partial charge in [-0.15, -0.1) is 0 Å². The highest BCUT2D eigenvalue weighted by Crippen LogP contribution is 2.28. The van der Waals surface area contributed by atoms with Crippen molar-refractivity contribution in [3.05, 3.63) is 42.2 Å². The fraction of sp³-hybridized carbons (Fsp3) is 0.267. The molecule has 104 valence electrons.